The van der Waals surface area contributed by atoms with Crippen LogP contribution in [0.5, 0.6) is 0 Å². The number of aliphatic hydroxyl groups is 2. The Labute approximate surface area is 128 Å². The Morgan fingerprint density at radius 3 is 2.80 bits per heavy atom. The molecule has 112 valence electrons. The first kappa shape index (κ1) is 17.3. The summed E-state index contributed by atoms with van der Waals surface area (Å²) in [6, 6.07) is 3.78. The fourth-order valence-electron chi connectivity index (χ4n) is 1.95. The van der Waals surface area contributed by atoms with Crippen molar-refractivity contribution in [2.45, 2.75) is 45.0 Å². The highest BCUT2D eigenvalue weighted by Crippen LogP contribution is 2.24. The molecule has 0 aliphatic heterocycles. The van der Waals surface area contributed by atoms with Gasteiger partial charge in [0.15, 0.2) is 6.29 Å². The van der Waals surface area contributed by atoms with E-state index >= 15 is 0 Å². The lowest BCUT2D eigenvalue weighted by Gasteiger charge is -2.14. The predicted molar refractivity (Wildman–Crippen MR) is 82.3 cm³/mol. The van der Waals surface area contributed by atoms with Crippen LogP contribution in [-0.4, -0.2) is 28.6 Å². The summed E-state index contributed by atoms with van der Waals surface area (Å²) in [5, 5.41) is 19.4. The summed E-state index contributed by atoms with van der Waals surface area (Å²) in [5.74, 6) is 0. The molecule has 4 nitrogen and oxygen atoms in total. The van der Waals surface area contributed by atoms with Crippen LogP contribution in [0.4, 0.5) is 0 Å². The maximum Gasteiger partial charge on any atom is 0.173 e. The van der Waals surface area contributed by atoms with Gasteiger partial charge in [-0.2, -0.15) is 0 Å². The number of aromatic nitrogens is 1. The molecule has 20 heavy (non-hydrogen) atoms. The molecule has 1 aromatic heterocycles. The molecule has 2 N–H and O–H groups in total. The average molecular weight is 344 g/mol. The van der Waals surface area contributed by atoms with E-state index in [4.69, 9.17) is 9.84 Å². The smallest absolute Gasteiger partial charge is 0.173 e. The van der Waals surface area contributed by atoms with E-state index in [1.54, 1.807) is 6.08 Å². The van der Waals surface area contributed by atoms with Crippen LogP contribution in [0.1, 0.15) is 43.5 Å². The lowest BCUT2D eigenvalue weighted by Crippen LogP contribution is -2.04. The summed E-state index contributed by atoms with van der Waals surface area (Å²) in [6.07, 6.45) is 5.23. The van der Waals surface area contributed by atoms with Gasteiger partial charge in [-0.15, -0.1) is 0 Å². The molecule has 0 spiro atoms. The highest BCUT2D eigenvalue weighted by Gasteiger charge is 2.12. The minimum absolute atomic E-state index is 0.494. The van der Waals surface area contributed by atoms with Gasteiger partial charge < -0.3 is 14.9 Å². The van der Waals surface area contributed by atoms with Crippen molar-refractivity contribution in [2.24, 2.45) is 0 Å². The quantitative estimate of drug-likeness (QED) is 0.329. The molecule has 0 saturated heterocycles. The third kappa shape index (κ3) is 5.71. The second kappa shape index (κ2) is 9.23. The topological polar surface area (TPSA) is 62.6 Å². The maximum atomic E-state index is 10.2. The van der Waals surface area contributed by atoms with Crippen LogP contribution in [0.2, 0.25) is 0 Å². The molecule has 0 aliphatic carbocycles. The zero-order chi connectivity index (χ0) is 15.0. The predicted octanol–water partition coefficient (Wildman–Crippen LogP) is 3.13. The molecule has 1 heterocycles. The molecule has 1 rings (SSSR count). The zero-order valence-electron chi connectivity index (χ0n) is 11.9. The van der Waals surface area contributed by atoms with E-state index in [1.807, 2.05) is 25.1 Å². The number of aliphatic hydroxyl groups excluding tert-OH is 2. The van der Waals surface area contributed by atoms with Gasteiger partial charge in [-0.3, -0.25) is 0 Å². The van der Waals surface area contributed by atoms with Crippen LogP contribution in [0, 0.1) is 0 Å². The van der Waals surface area contributed by atoms with Crippen molar-refractivity contribution < 1.29 is 14.9 Å². The van der Waals surface area contributed by atoms with Gasteiger partial charge in [-0.05, 0) is 53.8 Å². The summed E-state index contributed by atoms with van der Waals surface area (Å²) >= 11 is 3.34. The Morgan fingerprint density at radius 2 is 2.15 bits per heavy atom. The van der Waals surface area contributed by atoms with E-state index in [0.29, 0.717) is 6.42 Å². The molecule has 0 fully saturated rings. The first-order valence-corrected chi connectivity index (χ1v) is 7.58. The summed E-state index contributed by atoms with van der Waals surface area (Å²) in [6.45, 7) is 2.03. The van der Waals surface area contributed by atoms with Crippen molar-refractivity contribution in [3.63, 3.8) is 0 Å². The number of aryl methyl sites for hydroxylation is 1. The van der Waals surface area contributed by atoms with Crippen molar-refractivity contribution >= 4 is 15.9 Å². The molecule has 1 aromatic rings. The Balaban J connectivity index is 2.47. The molecule has 2 atom stereocenters. The molecular weight excluding hydrogens is 322 g/mol. The summed E-state index contributed by atoms with van der Waals surface area (Å²) in [4.78, 5) is 4.38. The van der Waals surface area contributed by atoms with Crippen LogP contribution >= 0.6 is 15.9 Å². The van der Waals surface area contributed by atoms with E-state index in [-0.39, 0.29) is 0 Å². The number of hydrogen-bond donors (Lipinski definition) is 2. The van der Waals surface area contributed by atoms with Crippen LogP contribution in [0.15, 0.2) is 28.9 Å². The van der Waals surface area contributed by atoms with Gasteiger partial charge in [0.25, 0.3) is 0 Å². The molecule has 0 amide bonds. The first-order valence-electron chi connectivity index (χ1n) is 6.79. The molecule has 2 unspecified atom stereocenters. The maximum absolute atomic E-state index is 10.2. The molecule has 0 saturated carbocycles. The molecule has 0 aromatic carbocycles. The number of methoxy groups -OCH3 is 1. The number of pyridine rings is 1. The standard InChI is InChI=1S/C15H22BrNO3/c1-3-12-11(9-10-14(16)17-12)13(18)7-5-4-6-8-15(19)20-2/h6,8-10,13,15,18-19H,3-5,7H2,1-2H3/b8-6+. The Bertz CT molecular complexity index is 437. The Hall–Kier alpha value is -0.750. The number of nitrogens with zero attached hydrogens (tertiary/aromatic N) is 1. The third-order valence-corrected chi connectivity index (χ3v) is 3.50. The second-order valence-electron chi connectivity index (χ2n) is 4.52. The van der Waals surface area contributed by atoms with Gasteiger partial charge in [0, 0.05) is 18.4 Å². The number of rotatable bonds is 8. The largest absolute Gasteiger partial charge is 0.388 e. The molecule has 0 bridgehead atoms. The van der Waals surface area contributed by atoms with Crippen molar-refractivity contribution in [1.29, 1.82) is 0 Å². The number of allylic oxidation sites excluding steroid dienone is 1. The Kier molecular flexibility index (Phi) is 7.99. The number of unbranched alkanes of at least 4 members (excludes halogenated alkanes) is 1. The van der Waals surface area contributed by atoms with E-state index in [0.717, 1.165) is 35.1 Å². The lowest BCUT2D eigenvalue weighted by atomic mass is 10.0. The van der Waals surface area contributed by atoms with E-state index < -0.39 is 12.4 Å². The summed E-state index contributed by atoms with van der Waals surface area (Å²) in [5.41, 5.74) is 1.83. The van der Waals surface area contributed by atoms with Crippen LogP contribution in [-0.2, 0) is 11.2 Å². The van der Waals surface area contributed by atoms with Gasteiger partial charge >= 0.3 is 0 Å². The second-order valence-corrected chi connectivity index (χ2v) is 5.34. The van der Waals surface area contributed by atoms with Gasteiger partial charge in [-0.1, -0.05) is 19.1 Å². The number of halogens is 1. The molecule has 0 radical (unpaired) electrons. The van der Waals surface area contributed by atoms with Crippen LogP contribution in [0.25, 0.3) is 0 Å². The third-order valence-electron chi connectivity index (χ3n) is 3.06. The summed E-state index contributed by atoms with van der Waals surface area (Å²) in [7, 11) is 1.45. The average Bonchev–Trinajstić information content (AvgIpc) is 2.46. The van der Waals surface area contributed by atoms with Crippen molar-refractivity contribution in [2.75, 3.05) is 7.11 Å². The van der Waals surface area contributed by atoms with Crippen LogP contribution in [0.3, 0.4) is 0 Å². The lowest BCUT2D eigenvalue weighted by molar-refractivity contribution is -0.0358. The zero-order valence-corrected chi connectivity index (χ0v) is 13.5. The summed E-state index contributed by atoms with van der Waals surface area (Å²) < 4.78 is 5.49. The fourth-order valence-corrected chi connectivity index (χ4v) is 2.29. The van der Waals surface area contributed by atoms with E-state index in [1.165, 1.54) is 7.11 Å². The van der Waals surface area contributed by atoms with Gasteiger partial charge in [-0.25, -0.2) is 4.98 Å². The highest BCUT2D eigenvalue weighted by molar-refractivity contribution is 9.10. The molecular formula is C15H22BrNO3. The van der Waals surface area contributed by atoms with Crippen molar-refractivity contribution in [3.05, 3.63) is 40.1 Å². The highest BCUT2D eigenvalue weighted by atomic mass is 79.9. The van der Waals surface area contributed by atoms with Gasteiger partial charge in [0.05, 0.1) is 6.10 Å². The van der Waals surface area contributed by atoms with Crippen molar-refractivity contribution in [1.82, 2.24) is 4.98 Å². The van der Waals surface area contributed by atoms with Crippen LogP contribution < -0.4 is 0 Å². The Morgan fingerprint density at radius 1 is 1.40 bits per heavy atom. The van der Waals surface area contributed by atoms with Gasteiger partial charge in [0.2, 0.25) is 0 Å². The molecule has 5 heteroatoms. The minimum atomic E-state index is -0.845. The monoisotopic (exact) mass is 343 g/mol. The first-order chi connectivity index (χ1) is 9.58. The van der Waals surface area contributed by atoms with Crippen molar-refractivity contribution in [3.8, 4) is 0 Å². The van der Waals surface area contributed by atoms with E-state index in [9.17, 15) is 5.11 Å². The fraction of sp³-hybridized carbons (Fsp3) is 0.533. The van der Waals surface area contributed by atoms with Gasteiger partial charge in [0.1, 0.15) is 4.60 Å². The van der Waals surface area contributed by atoms with E-state index in [2.05, 4.69) is 20.9 Å². The number of hydrogen-bond acceptors (Lipinski definition) is 4. The minimum Gasteiger partial charge on any atom is -0.388 e. The molecule has 0 aliphatic rings. The number of ether oxygens (including phenoxy) is 1. The SMILES string of the molecule is CCc1nc(Br)ccc1C(O)CCC/C=C/C(O)OC. The normalized spacial score (nSPS) is 14.7.